The van der Waals surface area contributed by atoms with E-state index >= 15 is 0 Å². The topological polar surface area (TPSA) is 61.8 Å². The molecule has 6 rings (SSSR count). The predicted octanol–water partition coefficient (Wildman–Crippen LogP) is 4.87. The number of methoxy groups -OCH3 is 1. The molecule has 5 nitrogen and oxygen atoms in total. The summed E-state index contributed by atoms with van der Waals surface area (Å²) in [5.41, 5.74) is 5.41. The predicted molar refractivity (Wildman–Crippen MR) is 137 cm³/mol. The SMILES string of the molecule is COC(=O)C1=C2Nc3ccccc3C23CCN(Cc2ccccc2)C3C(C2CCCCC2CO)C1. The van der Waals surface area contributed by atoms with Crippen molar-refractivity contribution in [2.75, 3.05) is 25.6 Å². The van der Waals surface area contributed by atoms with Crippen LogP contribution in [0.1, 0.15) is 49.7 Å². The molecule has 1 saturated carbocycles. The van der Waals surface area contributed by atoms with Crippen LogP contribution in [0.4, 0.5) is 5.69 Å². The molecule has 2 aliphatic heterocycles. The van der Waals surface area contributed by atoms with Gasteiger partial charge < -0.3 is 15.2 Å². The third-order valence-corrected chi connectivity index (χ3v) is 9.36. The molecule has 2 fully saturated rings. The minimum Gasteiger partial charge on any atom is -0.466 e. The molecule has 0 bridgehead atoms. The fraction of sp³-hybridized carbons (Fsp3) is 0.500. The summed E-state index contributed by atoms with van der Waals surface area (Å²) in [5.74, 6) is 0.793. The van der Waals surface area contributed by atoms with Crippen LogP contribution >= 0.6 is 0 Å². The summed E-state index contributed by atoms with van der Waals surface area (Å²) in [6.45, 7) is 2.13. The highest BCUT2D eigenvalue weighted by Gasteiger charge is 2.62. The van der Waals surface area contributed by atoms with E-state index < -0.39 is 0 Å². The zero-order valence-electron chi connectivity index (χ0n) is 20.6. The highest BCUT2D eigenvalue weighted by molar-refractivity contribution is 5.93. The molecule has 1 saturated heterocycles. The van der Waals surface area contributed by atoms with E-state index in [1.807, 2.05) is 0 Å². The number of aliphatic hydroxyl groups is 1. The number of ether oxygens (including phenoxy) is 1. The lowest BCUT2D eigenvalue weighted by Gasteiger charge is -2.50. The van der Waals surface area contributed by atoms with E-state index in [1.165, 1.54) is 31.1 Å². The third kappa shape index (κ3) is 3.54. The number of aliphatic hydroxyl groups excluding tert-OH is 1. The molecular formula is C30H36N2O3. The summed E-state index contributed by atoms with van der Waals surface area (Å²) in [7, 11) is 1.50. The number of nitrogens with zero attached hydrogens (tertiary/aromatic N) is 1. The van der Waals surface area contributed by atoms with Gasteiger partial charge in [-0.3, -0.25) is 4.90 Å². The van der Waals surface area contributed by atoms with Gasteiger partial charge in [-0.05, 0) is 60.6 Å². The van der Waals surface area contributed by atoms with Crippen LogP contribution in [-0.2, 0) is 21.5 Å². The first-order chi connectivity index (χ1) is 17.2. The van der Waals surface area contributed by atoms with Gasteiger partial charge in [0, 0.05) is 37.1 Å². The summed E-state index contributed by atoms with van der Waals surface area (Å²) in [4.78, 5) is 15.9. The Labute approximate surface area is 208 Å². The number of anilines is 1. The van der Waals surface area contributed by atoms with Gasteiger partial charge >= 0.3 is 5.97 Å². The average molecular weight is 473 g/mol. The molecule has 5 heteroatoms. The molecule has 0 radical (unpaired) electrons. The molecule has 5 atom stereocenters. The minimum absolute atomic E-state index is 0.207. The standard InChI is InChI=1S/C30H36N2O3/c1-35-29(34)24-17-23(22-12-6-5-11-21(22)19-33)28-30(25-13-7-8-14-26(25)31-27(24)30)15-16-32(28)18-20-9-3-2-4-10-20/h2-4,7-10,13-14,21-23,28,31,33H,5-6,11-12,15-19H2,1H3. The molecule has 2 aromatic carbocycles. The zero-order chi connectivity index (χ0) is 24.0. The Hall–Kier alpha value is -2.63. The molecule has 0 aromatic heterocycles. The van der Waals surface area contributed by atoms with Crippen LogP contribution in [0.15, 0.2) is 65.9 Å². The van der Waals surface area contributed by atoms with E-state index in [-0.39, 0.29) is 24.0 Å². The smallest absolute Gasteiger partial charge is 0.335 e. The Morgan fingerprint density at radius 1 is 1.09 bits per heavy atom. The summed E-state index contributed by atoms with van der Waals surface area (Å²) < 4.78 is 5.35. The molecular weight excluding hydrogens is 436 g/mol. The Morgan fingerprint density at radius 2 is 1.86 bits per heavy atom. The van der Waals surface area contributed by atoms with Gasteiger partial charge in [-0.2, -0.15) is 0 Å². The largest absolute Gasteiger partial charge is 0.466 e. The number of nitrogens with one attached hydrogen (secondary N) is 1. The number of para-hydroxylation sites is 1. The summed E-state index contributed by atoms with van der Waals surface area (Å²) in [5, 5.41) is 14.1. The molecule has 5 unspecified atom stereocenters. The van der Waals surface area contributed by atoms with Gasteiger partial charge in [0.1, 0.15) is 0 Å². The first-order valence-electron chi connectivity index (χ1n) is 13.2. The molecule has 2 heterocycles. The molecule has 2 aromatic rings. The second kappa shape index (κ2) is 9.11. The van der Waals surface area contributed by atoms with E-state index in [4.69, 9.17) is 4.74 Å². The maximum absolute atomic E-state index is 13.2. The number of fused-ring (bicyclic) bond motifs is 1. The van der Waals surface area contributed by atoms with E-state index in [9.17, 15) is 9.90 Å². The Morgan fingerprint density at radius 3 is 2.66 bits per heavy atom. The number of carbonyl (C=O) groups is 1. The Kier molecular flexibility index (Phi) is 5.93. The highest BCUT2D eigenvalue weighted by Crippen LogP contribution is 2.61. The Balaban J connectivity index is 1.52. The number of carbonyl (C=O) groups excluding carboxylic acids is 1. The zero-order valence-corrected chi connectivity index (χ0v) is 20.6. The van der Waals surface area contributed by atoms with Crippen molar-refractivity contribution in [2.24, 2.45) is 17.8 Å². The van der Waals surface area contributed by atoms with Crippen molar-refractivity contribution in [1.82, 2.24) is 4.90 Å². The Bertz CT molecular complexity index is 1130. The monoisotopic (exact) mass is 472 g/mol. The van der Waals surface area contributed by atoms with E-state index in [0.29, 0.717) is 24.2 Å². The summed E-state index contributed by atoms with van der Waals surface area (Å²) >= 11 is 0. The maximum atomic E-state index is 13.2. The van der Waals surface area contributed by atoms with Crippen molar-refractivity contribution in [3.05, 3.63) is 77.0 Å². The average Bonchev–Trinajstić information content (AvgIpc) is 3.45. The van der Waals surface area contributed by atoms with Crippen LogP contribution in [0.5, 0.6) is 0 Å². The van der Waals surface area contributed by atoms with Crippen molar-refractivity contribution in [3.8, 4) is 0 Å². The van der Waals surface area contributed by atoms with Crippen LogP contribution in [0.3, 0.4) is 0 Å². The van der Waals surface area contributed by atoms with Crippen LogP contribution in [0.25, 0.3) is 0 Å². The molecule has 4 aliphatic rings. The number of hydrogen-bond donors (Lipinski definition) is 2. The molecule has 1 spiro atoms. The summed E-state index contributed by atoms with van der Waals surface area (Å²) in [6.07, 6.45) is 6.29. The fourth-order valence-electron chi connectivity index (χ4n) is 7.99. The lowest BCUT2D eigenvalue weighted by atomic mass is 9.57. The second-order valence-electron chi connectivity index (χ2n) is 10.9. The molecule has 2 N–H and O–H groups in total. The van der Waals surface area contributed by atoms with Gasteiger partial charge in [0.25, 0.3) is 0 Å². The molecule has 2 aliphatic carbocycles. The first kappa shape index (κ1) is 22.8. The number of likely N-dealkylation sites (tertiary alicyclic amines) is 1. The van der Waals surface area contributed by atoms with Crippen LogP contribution in [0.2, 0.25) is 0 Å². The highest BCUT2D eigenvalue weighted by atomic mass is 16.5. The number of benzene rings is 2. The van der Waals surface area contributed by atoms with Crippen LogP contribution in [0, 0.1) is 17.8 Å². The maximum Gasteiger partial charge on any atom is 0.335 e. The number of hydrogen-bond acceptors (Lipinski definition) is 5. The van der Waals surface area contributed by atoms with E-state index in [1.54, 1.807) is 0 Å². The number of esters is 1. The lowest BCUT2D eigenvalue weighted by Crippen LogP contribution is -2.54. The van der Waals surface area contributed by atoms with Gasteiger partial charge in [-0.15, -0.1) is 0 Å². The first-order valence-corrected chi connectivity index (χ1v) is 13.2. The third-order valence-electron chi connectivity index (χ3n) is 9.36. The molecule has 184 valence electrons. The van der Waals surface area contributed by atoms with E-state index in [0.717, 1.165) is 49.3 Å². The van der Waals surface area contributed by atoms with Gasteiger partial charge in [0.05, 0.1) is 18.1 Å². The molecule has 35 heavy (non-hydrogen) atoms. The van der Waals surface area contributed by atoms with Gasteiger partial charge in [0.15, 0.2) is 0 Å². The van der Waals surface area contributed by atoms with Crippen molar-refractivity contribution in [1.29, 1.82) is 0 Å². The normalized spacial score (nSPS) is 31.9. The van der Waals surface area contributed by atoms with Crippen molar-refractivity contribution in [3.63, 3.8) is 0 Å². The van der Waals surface area contributed by atoms with Gasteiger partial charge in [-0.25, -0.2) is 4.79 Å². The van der Waals surface area contributed by atoms with Crippen LogP contribution in [-0.4, -0.2) is 42.3 Å². The van der Waals surface area contributed by atoms with Gasteiger partial charge in [0.2, 0.25) is 0 Å². The number of rotatable bonds is 5. The molecule has 0 amide bonds. The fourth-order valence-corrected chi connectivity index (χ4v) is 7.99. The quantitative estimate of drug-likeness (QED) is 0.608. The van der Waals surface area contributed by atoms with Crippen molar-refractivity contribution < 1.29 is 14.6 Å². The van der Waals surface area contributed by atoms with Crippen molar-refractivity contribution in [2.45, 2.75) is 56.5 Å². The second-order valence-corrected chi connectivity index (χ2v) is 10.9. The minimum atomic E-state index is -0.241. The van der Waals surface area contributed by atoms with Crippen molar-refractivity contribution >= 4 is 11.7 Å². The van der Waals surface area contributed by atoms with E-state index in [2.05, 4.69) is 64.8 Å². The van der Waals surface area contributed by atoms with Crippen LogP contribution < -0.4 is 5.32 Å². The van der Waals surface area contributed by atoms with Gasteiger partial charge in [-0.1, -0.05) is 61.4 Å². The summed E-state index contributed by atoms with van der Waals surface area (Å²) in [6, 6.07) is 19.6. The lowest BCUT2D eigenvalue weighted by molar-refractivity contribution is -0.137.